The minimum atomic E-state index is -3.76. The van der Waals surface area contributed by atoms with Gasteiger partial charge in [0, 0.05) is 37.3 Å². The summed E-state index contributed by atoms with van der Waals surface area (Å²) in [5.41, 5.74) is 1.09. The van der Waals surface area contributed by atoms with E-state index in [0.717, 1.165) is 23.2 Å². The minimum Gasteiger partial charge on any atom is -0.454 e. The van der Waals surface area contributed by atoms with Crippen LogP contribution in [-0.4, -0.2) is 75.6 Å². The Morgan fingerprint density at radius 2 is 1.68 bits per heavy atom. The Labute approximate surface area is 233 Å². The fraction of sp³-hybridized carbons (Fsp3) is 0.308. The third-order valence-corrected chi connectivity index (χ3v) is 8.63. The smallest absolute Gasteiger partial charge is 0.260 e. The van der Waals surface area contributed by atoms with Crippen LogP contribution in [0.3, 0.4) is 0 Å². The van der Waals surface area contributed by atoms with Gasteiger partial charge in [-0.1, -0.05) is 23.5 Å². The molecule has 0 N–H and O–H groups in total. The zero-order valence-corrected chi connectivity index (χ0v) is 23.8. The number of fused-ring (bicyclic) bond motifs is 2. The topological polar surface area (TPSA) is 92.3 Å². The largest absolute Gasteiger partial charge is 0.454 e. The van der Waals surface area contributed by atoms with Gasteiger partial charge in [0.25, 0.3) is 5.91 Å². The van der Waals surface area contributed by atoms with Gasteiger partial charge in [0.05, 0.1) is 15.1 Å². The second kappa shape index (κ2) is 12.7. The molecule has 3 aromatic rings. The lowest BCUT2D eigenvalue weighted by molar-refractivity contribution is 0.0986. The first kappa shape index (κ1) is 29.6. The number of carbonyl (C=O) groups excluding carboxylic acids is 1. The highest BCUT2D eigenvalue weighted by Gasteiger charge is 2.26. The molecule has 1 aliphatic heterocycles. The van der Waals surface area contributed by atoms with Gasteiger partial charge in [-0.3, -0.25) is 9.69 Å². The Balaban J connectivity index is 0.00000400. The summed E-state index contributed by atoms with van der Waals surface area (Å²) in [7, 11) is 0.197. The maximum absolute atomic E-state index is 13.6. The number of thiazole rings is 1. The van der Waals surface area contributed by atoms with E-state index in [0.29, 0.717) is 28.7 Å². The molecule has 1 aliphatic rings. The van der Waals surface area contributed by atoms with Crippen molar-refractivity contribution in [2.75, 3.05) is 52.0 Å². The van der Waals surface area contributed by atoms with Crippen LogP contribution in [0.1, 0.15) is 16.8 Å². The first-order chi connectivity index (χ1) is 17.7. The van der Waals surface area contributed by atoms with E-state index < -0.39 is 10.0 Å². The fourth-order valence-corrected chi connectivity index (χ4v) is 6.27. The molecule has 2 heterocycles. The first-order valence-corrected chi connectivity index (χ1v) is 14.0. The maximum atomic E-state index is 13.6. The Bertz CT molecular complexity index is 1360. The molecule has 0 atom stereocenters. The molecule has 0 spiro atoms. The number of rotatable bonds is 12. The fourth-order valence-electron chi connectivity index (χ4n) is 3.88. The Kier molecular flexibility index (Phi) is 9.91. The van der Waals surface area contributed by atoms with Crippen molar-refractivity contribution in [3.05, 3.63) is 67.3 Å². The summed E-state index contributed by atoms with van der Waals surface area (Å²) < 4.78 is 39.2. The summed E-state index contributed by atoms with van der Waals surface area (Å²) in [4.78, 5) is 22.1. The van der Waals surface area contributed by atoms with Gasteiger partial charge < -0.3 is 14.4 Å². The van der Waals surface area contributed by atoms with Crippen molar-refractivity contribution in [3.63, 3.8) is 0 Å². The van der Waals surface area contributed by atoms with E-state index in [1.165, 1.54) is 52.1 Å². The van der Waals surface area contributed by atoms with E-state index in [-0.39, 0.29) is 43.1 Å². The van der Waals surface area contributed by atoms with Crippen molar-refractivity contribution in [2.24, 2.45) is 0 Å². The molecule has 4 rings (SSSR count). The number of sulfonamides is 1. The number of carbonyl (C=O) groups is 1. The molecule has 12 heteroatoms. The molecule has 0 saturated carbocycles. The predicted octanol–water partition coefficient (Wildman–Crippen LogP) is 4.41. The van der Waals surface area contributed by atoms with Gasteiger partial charge >= 0.3 is 0 Å². The van der Waals surface area contributed by atoms with Gasteiger partial charge in [-0.05, 0) is 51.3 Å². The molecule has 1 aromatic heterocycles. The van der Waals surface area contributed by atoms with Crippen LogP contribution in [0.25, 0.3) is 10.2 Å². The van der Waals surface area contributed by atoms with Crippen molar-refractivity contribution in [3.8, 4) is 11.5 Å². The van der Waals surface area contributed by atoms with Crippen molar-refractivity contribution < 1.29 is 22.7 Å². The van der Waals surface area contributed by atoms with E-state index >= 15 is 0 Å². The lowest BCUT2D eigenvalue weighted by Crippen LogP contribution is -2.33. The zero-order valence-electron chi connectivity index (χ0n) is 21.3. The average molecular weight is 579 g/mol. The highest BCUT2D eigenvalue weighted by atomic mass is 35.5. The number of halogens is 1. The molecule has 0 fully saturated rings. The van der Waals surface area contributed by atoms with Gasteiger partial charge in [-0.15, -0.1) is 25.6 Å². The van der Waals surface area contributed by atoms with Crippen LogP contribution < -0.4 is 14.4 Å². The molecule has 0 aliphatic carbocycles. The zero-order chi connectivity index (χ0) is 26.6. The number of amides is 1. The molecular formula is C26H31ClN4O5S2. The number of hydrogen-bond donors (Lipinski definition) is 0. The van der Waals surface area contributed by atoms with E-state index in [4.69, 9.17) is 14.5 Å². The SMILES string of the molecule is C=CCN(CC=C)S(=O)(=O)c1ccc(C(=O)N(CCCN(C)C)c2nc3cc4c(cc3s2)OCO4)cc1.Cl. The molecular weight excluding hydrogens is 548 g/mol. The second-order valence-electron chi connectivity index (χ2n) is 8.71. The molecule has 0 unspecified atom stereocenters. The number of hydrogen-bond acceptors (Lipinski definition) is 8. The van der Waals surface area contributed by atoms with Crippen molar-refractivity contribution in [1.82, 2.24) is 14.2 Å². The maximum Gasteiger partial charge on any atom is 0.260 e. The van der Waals surface area contributed by atoms with Crippen LogP contribution in [0, 0.1) is 0 Å². The van der Waals surface area contributed by atoms with Gasteiger partial charge in [0.2, 0.25) is 16.8 Å². The summed E-state index contributed by atoms with van der Waals surface area (Å²) in [5.74, 6) is 1.04. The molecule has 204 valence electrons. The summed E-state index contributed by atoms with van der Waals surface area (Å²) in [6.45, 7) is 9.01. The Morgan fingerprint density at radius 1 is 1.05 bits per heavy atom. The summed E-state index contributed by atoms with van der Waals surface area (Å²) >= 11 is 1.40. The first-order valence-electron chi connectivity index (χ1n) is 11.7. The standard InChI is InChI=1S/C26H30N4O5S2.ClH/c1-5-12-29(13-6-2)37(32,33)20-10-8-19(9-11-20)25(31)30(15-7-14-28(3)4)26-27-21-16-22-23(35-18-34-22)17-24(21)36-26;/h5-6,8-11,16-17H,1-2,7,12-15,18H2,3-4H3;1H. The minimum absolute atomic E-state index is 0. The van der Waals surface area contributed by atoms with Crippen molar-refractivity contribution in [2.45, 2.75) is 11.3 Å². The number of nitrogens with zero attached hydrogens (tertiary/aromatic N) is 4. The van der Waals surface area contributed by atoms with Crippen LogP contribution in [0.15, 0.2) is 66.6 Å². The summed E-state index contributed by atoms with van der Waals surface area (Å²) in [6.07, 6.45) is 3.78. The molecule has 0 bridgehead atoms. The van der Waals surface area contributed by atoms with Crippen LogP contribution in [-0.2, 0) is 10.0 Å². The summed E-state index contributed by atoms with van der Waals surface area (Å²) in [6, 6.07) is 9.68. The molecule has 9 nitrogen and oxygen atoms in total. The van der Waals surface area contributed by atoms with E-state index in [9.17, 15) is 13.2 Å². The highest BCUT2D eigenvalue weighted by Crippen LogP contribution is 2.40. The van der Waals surface area contributed by atoms with Gasteiger partial charge in [-0.2, -0.15) is 4.31 Å². The normalized spacial score (nSPS) is 12.5. The van der Waals surface area contributed by atoms with Crippen LogP contribution in [0.4, 0.5) is 5.13 Å². The van der Waals surface area contributed by atoms with Crippen LogP contribution in [0.5, 0.6) is 11.5 Å². The van der Waals surface area contributed by atoms with Gasteiger partial charge in [0.15, 0.2) is 16.6 Å². The van der Waals surface area contributed by atoms with E-state index in [2.05, 4.69) is 18.1 Å². The van der Waals surface area contributed by atoms with Crippen molar-refractivity contribution >= 4 is 55.0 Å². The Morgan fingerprint density at radius 3 is 2.29 bits per heavy atom. The van der Waals surface area contributed by atoms with E-state index in [1.807, 2.05) is 26.2 Å². The number of ether oxygens (including phenoxy) is 2. The molecule has 0 saturated heterocycles. The molecule has 1 amide bonds. The molecule has 2 aromatic carbocycles. The number of aromatic nitrogens is 1. The van der Waals surface area contributed by atoms with Gasteiger partial charge in [0.1, 0.15) is 0 Å². The van der Waals surface area contributed by atoms with Crippen molar-refractivity contribution in [1.29, 1.82) is 0 Å². The lowest BCUT2D eigenvalue weighted by atomic mass is 10.2. The average Bonchev–Trinajstić information content (AvgIpc) is 3.50. The van der Waals surface area contributed by atoms with Crippen LogP contribution in [0.2, 0.25) is 0 Å². The third-order valence-electron chi connectivity index (χ3n) is 5.74. The number of benzene rings is 2. The monoisotopic (exact) mass is 578 g/mol. The van der Waals surface area contributed by atoms with Crippen LogP contribution >= 0.6 is 23.7 Å². The Hall–Kier alpha value is -2.96. The highest BCUT2D eigenvalue weighted by molar-refractivity contribution is 7.89. The lowest BCUT2D eigenvalue weighted by Gasteiger charge is -2.22. The molecule has 38 heavy (non-hydrogen) atoms. The number of anilines is 1. The summed E-state index contributed by atoms with van der Waals surface area (Å²) in [5, 5.41) is 0.558. The predicted molar refractivity (Wildman–Crippen MR) is 153 cm³/mol. The van der Waals surface area contributed by atoms with E-state index in [1.54, 1.807) is 4.90 Å². The van der Waals surface area contributed by atoms with Gasteiger partial charge in [-0.25, -0.2) is 13.4 Å². The molecule has 0 radical (unpaired) electrons. The third kappa shape index (κ3) is 6.36. The second-order valence-corrected chi connectivity index (χ2v) is 11.7. The quantitative estimate of drug-likeness (QED) is 0.294.